The van der Waals surface area contributed by atoms with E-state index in [1.54, 1.807) is 54.6 Å². The molecule has 0 saturated carbocycles. The van der Waals surface area contributed by atoms with Crippen LogP contribution in [0.5, 0.6) is 5.75 Å². The number of pyridine rings is 1. The van der Waals surface area contributed by atoms with Gasteiger partial charge in [-0.1, -0.05) is 35.9 Å². The number of nitrogens with zero attached hydrogens (tertiary/aromatic N) is 3. The van der Waals surface area contributed by atoms with Gasteiger partial charge in [-0.2, -0.15) is 5.10 Å². The van der Waals surface area contributed by atoms with Gasteiger partial charge in [0.25, 0.3) is 21.8 Å². The number of ether oxygens (including phenoxy) is 1. The van der Waals surface area contributed by atoms with Gasteiger partial charge < -0.3 is 10.1 Å². The van der Waals surface area contributed by atoms with Crippen molar-refractivity contribution in [3.8, 4) is 5.75 Å². The van der Waals surface area contributed by atoms with Crippen LogP contribution >= 0.6 is 0 Å². The molecule has 0 radical (unpaired) electrons. The summed E-state index contributed by atoms with van der Waals surface area (Å²) in [6, 6.07) is 25.1. The summed E-state index contributed by atoms with van der Waals surface area (Å²) >= 11 is 0. The first-order valence-corrected chi connectivity index (χ1v) is 13.6. The lowest BCUT2D eigenvalue weighted by atomic mass is 10.2. The van der Waals surface area contributed by atoms with E-state index in [1.165, 1.54) is 30.7 Å². The van der Waals surface area contributed by atoms with E-state index in [0.29, 0.717) is 17.0 Å². The van der Waals surface area contributed by atoms with Gasteiger partial charge >= 0.3 is 0 Å². The number of aryl methyl sites for hydroxylation is 1. The average molecular weight is 558 g/mol. The highest BCUT2D eigenvalue weighted by molar-refractivity contribution is 7.92. The number of amides is 2. The molecule has 3 aromatic carbocycles. The van der Waals surface area contributed by atoms with Crippen molar-refractivity contribution in [2.75, 3.05) is 22.8 Å². The number of hydrogen-bond acceptors (Lipinski definition) is 7. The number of carbonyl (C=O) groups excluding carboxylic acids is 2. The molecule has 1 aromatic heterocycles. The molecule has 0 saturated heterocycles. The Bertz CT molecular complexity index is 1560. The van der Waals surface area contributed by atoms with Crippen LogP contribution in [0.4, 0.5) is 11.4 Å². The summed E-state index contributed by atoms with van der Waals surface area (Å²) in [7, 11) is -4.02. The maximum absolute atomic E-state index is 13.2. The molecule has 0 unspecified atom stereocenters. The standard InChI is InChI=1S/C29H27N5O5S/c1-22-9-13-24(14-10-22)32-29(36)21-39-26-15-11-23(12-16-26)18-31-33-28(35)20-34(25-6-5-17-30-19-25)40(37,38)27-7-3-2-4-8-27/h2-19H,20-21H2,1H3,(H,32,36)(H,33,35)/b31-18-. The van der Waals surface area contributed by atoms with Crippen LogP contribution in [0.15, 0.2) is 113 Å². The van der Waals surface area contributed by atoms with E-state index >= 15 is 0 Å². The van der Waals surface area contributed by atoms with Gasteiger partial charge in [-0.05, 0) is 73.2 Å². The number of nitrogens with one attached hydrogen (secondary N) is 2. The van der Waals surface area contributed by atoms with Gasteiger partial charge in [0.05, 0.1) is 23.0 Å². The maximum Gasteiger partial charge on any atom is 0.264 e. The second kappa shape index (κ2) is 13.2. The summed E-state index contributed by atoms with van der Waals surface area (Å²) in [5.41, 5.74) is 5.04. The maximum atomic E-state index is 13.2. The first-order chi connectivity index (χ1) is 19.3. The largest absolute Gasteiger partial charge is 0.484 e. The molecule has 204 valence electrons. The summed E-state index contributed by atoms with van der Waals surface area (Å²) < 4.78 is 33.0. The van der Waals surface area contributed by atoms with Crippen LogP contribution in [-0.4, -0.2) is 44.6 Å². The van der Waals surface area contributed by atoms with Crippen molar-refractivity contribution in [3.05, 3.63) is 115 Å². The second-order valence-electron chi connectivity index (χ2n) is 8.60. The predicted molar refractivity (Wildman–Crippen MR) is 153 cm³/mol. The number of sulfonamides is 1. The number of aromatic nitrogens is 1. The Kier molecular flexibility index (Phi) is 9.21. The summed E-state index contributed by atoms with van der Waals surface area (Å²) in [6.07, 6.45) is 4.29. The van der Waals surface area contributed by atoms with Gasteiger partial charge in [0.2, 0.25) is 0 Å². The van der Waals surface area contributed by atoms with Gasteiger partial charge in [0.15, 0.2) is 6.61 Å². The predicted octanol–water partition coefficient (Wildman–Crippen LogP) is 3.75. The first-order valence-electron chi connectivity index (χ1n) is 12.2. The molecule has 1 heterocycles. The van der Waals surface area contributed by atoms with Crippen molar-refractivity contribution in [1.82, 2.24) is 10.4 Å². The molecule has 0 aliphatic carbocycles. The fourth-order valence-electron chi connectivity index (χ4n) is 3.51. The van der Waals surface area contributed by atoms with Crippen LogP contribution in [0.1, 0.15) is 11.1 Å². The number of carbonyl (C=O) groups is 2. The minimum atomic E-state index is -4.02. The Morgan fingerprint density at radius 1 is 0.925 bits per heavy atom. The Morgan fingerprint density at radius 2 is 1.65 bits per heavy atom. The van der Waals surface area contributed by atoms with Gasteiger partial charge in [0, 0.05) is 11.9 Å². The molecule has 0 aliphatic heterocycles. The van der Waals surface area contributed by atoms with Gasteiger partial charge in [-0.25, -0.2) is 13.8 Å². The third kappa shape index (κ3) is 7.74. The van der Waals surface area contributed by atoms with E-state index in [1.807, 2.05) is 31.2 Å². The highest BCUT2D eigenvalue weighted by Gasteiger charge is 2.27. The molecule has 0 bridgehead atoms. The van der Waals surface area contributed by atoms with Gasteiger partial charge in [-0.15, -0.1) is 0 Å². The van der Waals surface area contributed by atoms with E-state index < -0.39 is 22.5 Å². The molecule has 10 nitrogen and oxygen atoms in total. The van der Waals surface area contributed by atoms with Gasteiger partial charge in [0.1, 0.15) is 12.3 Å². The molecule has 0 spiro atoms. The third-order valence-electron chi connectivity index (χ3n) is 5.54. The lowest BCUT2D eigenvalue weighted by Crippen LogP contribution is -2.39. The molecule has 4 aromatic rings. The molecule has 40 heavy (non-hydrogen) atoms. The molecular weight excluding hydrogens is 530 g/mol. The molecule has 11 heteroatoms. The van der Waals surface area contributed by atoms with Crippen LogP contribution in [0.25, 0.3) is 0 Å². The summed E-state index contributed by atoms with van der Waals surface area (Å²) in [5.74, 6) is -0.440. The fourth-order valence-corrected chi connectivity index (χ4v) is 4.94. The zero-order valence-corrected chi connectivity index (χ0v) is 22.4. The van der Waals surface area contributed by atoms with Gasteiger partial charge in [-0.3, -0.25) is 18.9 Å². The van der Waals surface area contributed by atoms with Crippen molar-refractivity contribution in [2.24, 2.45) is 5.10 Å². The lowest BCUT2D eigenvalue weighted by molar-refractivity contribution is -0.119. The van der Waals surface area contributed by atoms with Crippen LogP contribution in [0, 0.1) is 6.92 Å². The minimum absolute atomic E-state index is 0.0464. The smallest absolute Gasteiger partial charge is 0.264 e. The number of hydrazone groups is 1. The summed E-state index contributed by atoms with van der Waals surface area (Å²) in [4.78, 5) is 28.8. The van der Waals surface area contributed by atoms with Crippen molar-refractivity contribution < 1.29 is 22.7 Å². The average Bonchev–Trinajstić information content (AvgIpc) is 2.97. The normalized spacial score (nSPS) is 11.1. The van der Waals surface area contributed by atoms with E-state index in [-0.39, 0.29) is 23.1 Å². The Morgan fingerprint density at radius 3 is 2.33 bits per heavy atom. The number of benzene rings is 3. The van der Waals surface area contributed by atoms with E-state index in [0.717, 1.165) is 9.87 Å². The number of anilines is 2. The monoisotopic (exact) mass is 557 g/mol. The molecule has 4 rings (SSSR count). The topological polar surface area (TPSA) is 130 Å². The van der Waals surface area contributed by atoms with Crippen LogP contribution in [-0.2, 0) is 19.6 Å². The lowest BCUT2D eigenvalue weighted by Gasteiger charge is -2.23. The highest BCUT2D eigenvalue weighted by atomic mass is 32.2. The molecule has 2 N–H and O–H groups in total. The second-order valence-corrected chi connectivity index (χ2v) is 10.5. The SMILES string of the molecule is Cc1ccc(NC(=O)COc2ccc(/C=N\NC(=O)CN(c3cccnc3)S(=O)(=O)c3ccccc3)cc2)cc1. The Labute approximate surface area is 232 Å². The minimum Gasteiger partial charge on any atom is -0.484 e. The fraction of sp³-hybridized carbons (Fsp3) is 0.103. The van der Waals surface area contributed by atoms with E-state index in [4.69, 9.17) is 4.74 Å². The summed E-state index contributed by atoms with van der Waals surface area (Å²) in [5, 5.41) is 6.70. The molecular formula is C29H27N5O5S. The van der Waals surface area contributed by atoms with Crippen molar-refractivity contribution in [2.45, 2.75) is 11.8 Å². The number of hydrogen-bond donors (Lipinski definition) is 2. The zero-order valence-electron chi connectivity index (χ0n) is 21.6. The quantitative estimate of drug-likeness (QED) is 0.213. The van der Waals surface area contributed by atoms with E-state index in [2.05, 4.69) is 20.8 Å². The summed E-state index contributed by atoms with van der Waals surface area (Å²) in [6.45, 7) is 1.31. The molecule has 0 fully saturated rings. The van der Waals surface area contributed by atoms with E-state index in [9.17, 15) is 18.0 Å². The Hall–Kier alpha value is -5.03. The molecule has 0 atom stereocenters. The first kappa shape index (κ1) is 28.0. The van der Waals surface area contributed by atoms with Crippen LogP contribution < -0.4 is 19.8 Å². The van der Waals surface area contributed by atoms with Crippen molar-refractivity contribution in [1.29, 1.82) is 0 Å². The highest BCUT2D eigenvalue weighted by Crippen LogP contribution is 2.22. The van der Waals surface area contributed by atoms with Crippen molar-refractivity contribution in [3.63, 3.8) is 0 Å². The molecule has 2 amide bonds. The third-order valence-corrected chi connectivity index (χ3v) is 7.33. The van der Waals surface area contributed by atoms with Crippen molar-refractivity contribution >= 4 is 39.4 Å². The number of rotatable bonds is 11. The van der Waals surface area contributed by atoms with Crippen LogP contribution in [0.3, 0.4) is 0 Å². The molecule has 0 aliphatic rings. The van der Waals surface area contributed by atoms with Crippen LogP contribution in [0.2, 0.25) is 0 Å². The Balaban J connectivity index is 1.31. The zero-order chi connectivity index (χ0) is 28.4.